The highest BCUT2D eigenvalue weighted by Gasteiger charge is 2.19. The molecule has 0 fully saturated rings. The number of nitrogens with zero attached hydrogens (tertiary/aromatic N) is 5. The van der Waals surface area contributed by atoms with Crippen LogP contribution in [0.15, 0.2) is 82.2 Å². The van der Waals surface area contributed by atoms with Gasteiger partial charge in [-0.15, -0.1) is 15.3 Å². The van der Waals surface area contributed by atoms with Crippen molar-refractivity contribution in [3.63, 3.8) is 0 Å². The molecule has 5 aromatic rings. The molecule has 1 N–H and O–H groups in total. The largest absolute Gasteiger partial charge is 0.338 e. The second-order valence-corrected chi connectivity index (χ2v) is 10.6. The average molecular weight is 523 g/mol. The van der Waals surface area contributed by atoms with Gasteiger partial charge in [0.1, 0.15) is 0 Å². The first-order valence-electron chi connectivity index (χ1n) is 10.0. The van der Waals surface area contributed by atoms with E-state index < -0.39 is 10.0 Å². The number of sulfonamides is 1. The van der Waals surface area contributed by atoms with Crippen molar-refractivity contribution >= 4 is 53.9 Å². The lowest BCUT2D eigenvalue weighted by molar-refractivity contribution is 0.521. The van der Waals surface area contributed by atoms with Crippen LogP contribution in [0.5, 0.6) is 0 Å². The van der Waals surface area contributed by atoms with E-state index in [1.807, 2.05) is 48.5 Å². The number of halogens is 1. The van der Waals surface area contributed by atoms with Gasteiger partial charge in [0.05, 0.1) is 4.90 Å². The van der Waals surface area contributed by atoms with Crippen LogP contribution in [-0.2, 0) is 10.0 Å². The third-order valence-electron chi connectivity index (χ3n) is 5.25. The van der Waals surface area contributed by atoms with Crippen molar-refractivity contribution in [2.75, 3.05) is 19.4 Å². The quantitative estimate of drug-likeness (QED) is 0.359. The zero-order chi connectivity index (χ0) is 23.2. The molecule has 0 aliphatic heterocycles. The maximum absolute atomic E-state index is 12.6. The normalized spacial score (nSPS) is 12.0. The number of rotatable bonds is 5. The predicted octanol–water partition coefficient (Wildman–Crippen LogP) is 4.70. The topological polar surface area (TPSA) is 92.5 Å². The number of hydrogen-bond donors (Lipinski definition) is 1. The highest BCUT2D eigenvalue weighted by Crippen LogP contribution is 2.32. The molecule has 0 atom stereocenters. The van der Waals surface area contributed by atoms with Gasteiger partial charge in [0.25, 0.3) is 0 Å². The van der Waals surface area contributed by atoms with Crippen LogP contribution in [0.1, 0.15) is 0 Å². The van der Waals surface area contributed by atoms with E-state index in [1.54, 1.807) is 28.8 Å². The summed E-state index contributed by atoms with van der Waals surface area (Å²) >= 11 is 3.58. The Kier molecular flexibility index (Phi) is 5.35. The van der Waals surface area contributed by atoms with Crippen LogP contribution in [0.3, 0.4) is 0 Å². The molecular formula is C23H19BrN6O2S. The Morgan fingerprint density at radius 1 is 0.909 bits per heavy atom. The van der Waals surface area contributed by atoms with Crippen LogP contribution < -0.4 is 5.32 Å². The van der Waals surface area contributed by atoms with E-state index in [2.05, 4.69) is 31.4 Å². The smallest absolute Gasteiger partial charge is 0.242 e. The minimum absolute atomic E-state index is 0.195. The fourth-order valence-electron chi connectivity index (χ4n) is 3.57. The molecule has 0 unspecified atom stereocenters. The molecular weight excluding hydrogens is 504 g/mol. The monoisotopic (exact) mass is 522 g/mol. The molecule has 0 aliphatic carbocycles. The second kappa shape index (κ2) is 8.22. The van der Waals surface area contributed by atoms with Gasteiger partial charge in [-0.1, -0.05) is 58.4 Å². The van der Waals surface area contributed by atoms with E-state index in [0.29, 0.717) is 23.0 Å². The Labute approximate surface area is 199 Å². The summed E-state index contributed by atoms with van der Waals surface area (Å²) in [6, 6.07) is 22.2. The number of anilines is 2. The summed E-state index contributed by atoms with van der Waals surface area (Å²) in [5.41, 5.74) is 2.09. The van der Waals surface area contributed by atoms with Crippen molar-refractivity contribution in [3.8, 4) is 11.4 Å². The number of aromatic nitrogens is 4. The first-order chi connectivity index (χ1) is 15.9. The maximum atomic E-state index is 12.6. The Hall–Kier alpha value is -3.34. The summed E-state index contributed by atoms with van der Waals surface area (Å²) in [4.78, 5) is 0.195. The predicted molar refractivity (Wildman–Crippen MR) is 132 cm³/mol. The van der Waals surface area contributed by atoms with Gasteiger partial charge in [0.15, 0.2) is 17.3 Å². The van der Waals surface area contributed by atoms with Crippen molar-refractivity contribution in [1.29, 1.82) is 0 Å². The van der Waals surface area contributed by atoms with Crippen LogP contribution in [0.25, 0.3) is 27.8 Å². The lowest BCUT2D eigenvalue weighted by Crippen LogP contribution is -2.22. The molecule has 2 heterocycles. The van der Waals surface area contributed by atoms with E-state index in [1.165, 1.54) is 18.4 Å². The molecule has 10 heteroatoms. The molecule has 0 spiro atoms. The molecule has 33 heavy (non-hydrogen) atoms. The van der Waals surface area contributed by atoms with Crippen LogP contribution >= 0.6 is 15.9 Å². The van der Waals surface area contributed by atoms with Crippen LogP contribution in [-0.4, -0.2) is 46.6 Å². The van der Waals surface area contributed by atoms with E-state index in [4.69, 9.17) is 5.10 Å². The van der Waals surface area contributed by atoms with Gasteiger partial charge in [-0.3, -0.25) is 0 Å². The summed E-state index contributed by atoms with van der Waals surface area (Å²) in [6.45, 7) is 0. The molecule has 0 amide bonds. The summed E-state index contributed by atoms with van der Waals surface area (Å²) in [7, 11) is -0.550. The summed E-state index contributed by atoms with van der Waals surface area (Å²) in [5.74, 6) is 1.15. The Bertz CT molecular complexity index is 1610. The van der Waals surface area contributed by atoms with Crippen LogP contribution in [0.2, 0.25) is 0 Å². The molecule has 3 aromatic carbocycles. The fourth-order valence-corrected chi connectivity index (χ4v) is 4.98. The molecule has 8 nitrogen and oxygen atoms in total. The van der Waals surface area contributed by atoms with Gasteiger partial charge in [-0.25, -0.2) is 12.7 Å². The second-order valence-electron chi connectivity index (χ2n) is 7.57. The van der Waals surface area contributed by atoms with Gasteiger partial charge in [0, 0.05) is 40.6 Å². The van der Waals surface area contributed by atoms with Gasteiger partial charge in [-0.2, -0.15) is 4.52 Å². The van der Waals surface area contributed by atoms with Gasteiger partial charge in [0.2, 0.25) is 10.0 Å². The third kappa shape index (κ3) is 3.75. The van der Waals surface area contributed by atoms with E-state index in [0.717, 1.165) is 20.8 Å². The highest BCUT2D eigenvalue weighted by atomic mass is 79.9. The van der Waals surface area contributed by atoms with Crippen molar-refractivity contribution in [2.24, 2.45) is 0 Å². The Balaban J connectivity index is 1.69. The molecule has 5 rings (SSSR count). The molecule has 2 aromatic heterocycles. The SMILES string of the molecule is CN(C)S(=O)(=O)c1cccc(Nc2nn3c(-c4ccccc4Br)nnc3c3ccccc23)c1. The maximum Gasteiger partial charge on any atom is 0.242 e. The molecule has 166 valence electrons. The van der Waals surface area contributed by atoms with E-state index >= 15 is 0 Å². The number of nitrogens with one attached hydrogen (secondary N) is 1. The standard InChI is InChI=1S/C23H19BrN6O2S/c1-29(2)33(31,32)16-9-7-8-15(14-16)25-21-17-10-3-4-11-18(17)22-26-27-23(30(22)28-21)19-12-5-6-13-20(19)24/h3-14H,1-2H3,(H,25,28). The molecule has 0 aliphatic rings. The zero-order valence-electron chi connectivity index (χ0n) is 17.8. The Morgan fingerprint density at radius 3 is 2.39 bits per heavy atom. The van der Waals surface area contributed by atoms with Crippen LogP contribution in [0, 0.1) is 0 Å². The number of fused-ring (bicyclic) bond motifs is 3. The third-order valence-corrected chi connectivity index (χ3v) is 7.76. The molecule has 0 radical (unpaired) electrons. The zero-order valence-corrected chi connectivity index (χ0v) is 20.2. The van der Waals surface area contributed by atoms with Crippen molar-refractivity contribution in [3.05, 3.63) is 77.3 Å². The van der Waals surface area contributed by atoms with Gasteiger partial charge < -0.3 is 5.32 Å². The average Bonchev–Trinajstić information content (AvgIpc) is 3.23. The lowest BCUT2D eigenvalue weighted by Gasteiger charge is -2.14. The summed E-state index contributed by atoms with van der Waals surface area (Å²) in [6.07, 6.45) is 0. The first kappa shape index (κ1) is 21.5. The van der Waals surface area contributed by atoms with Crippen molar-refractivity contribution in [2.45, 2.75) is 4.90 Å². The highest BCUT2D eigenvalue weighted by molar-refractivity contribution is 9.10. The lowest BCUT2D eigenvalue weighted by atomic mass is 10.1. The summed E-state index contributed by atoms with van der Waals surface area (Å²) < 4.78 is 28.9. The minimum atomic E-state index is -3.56. The van der Waals surface area contributed by atoms with E-state index in [9.17, 15) is 8.42 Å². The number of hydrogen-bond acceptors (Lipinski definition) is 6. The van der Waals surface area contributed by atoms with E-state index in [-0.39, 0.29) is 4.90 Å². The summed E-state index contributed by atoms with van der Waals surface area (Å²) in [5, 5.41) is 18.6. The molecule has 0 bridgehead atoms. The van der Waals surface area contributed by atoms with Gasteiger partial charge >= 0.3 is 0 Å². The first-order valence-corrected chi connectivity index (χ1v) is 12.3. The van der Waals surface area contributed by atoms with Gasteiger partial charge in [-0.05, 0) is 30.3 Å². The van der Waals surface area contributed by atoms with Crippen LogP contribution in [0.4, 0.5) is 11.5 Å². The molecule has 0 saturated carbocycles. The Morgan fingerprint density at radius 2 is 1.64 bits per heavy atom. The molecule has 0 saturated heterocycles. The van der Waals surface area contributed by atoms with Crippen molar-refractivity contribution in [1.82, 2.24) is 24.1 Å². The fraction of sp³-hybridized carbons (Fsp3) is 0.0870. The van der Waals surface area contributed by atoms with Crippen molar-refractivity contribution < 1.29 is 8.42 Å². The minimum Gasteiger partial charge on any atom is -0.338 e. The number of benzene rings is 3.